The van der Waals surface area contributed by atoms with Gasteiger partial charge in [0, 0.05) is 25.9 Å². The van der Waals surface area contributed by atoms with Crippen LogP contribution in [-0.4, -0.2) is 60.7 Å². The Morgan fingerprint density at radius 1 is 0.933 bits per heavy atom. The monoisotopic (exact) mass is 446 g/mol. The number of thioether (sulfide) groups is 1. The molecular formula is C22H42N2O5S. The molecule has 7 nitrogen and oxygen atoms in total. The van der Waals surface area contributed by atoms with Crippen molar-refractivity contribution in [2.75, 3.05) is 37.8 Å². The molecule has 0 spiro atoms. The molecule has 0 aromatic carbocycles. The van der Waals surface area contributed by atoms with Crippen LogP contribution < -0.4 is 10.6 Å². The summed E-state index contributed by atoms with van der Waals surface area (Å²) in [5, 5.41) is 14.8. The Bertz CT molecular complexity index is 527. The third kappa shape index (κ3) is 18.7. The minimum absolute atomic E-state index is 0.00615. The zero-order valence-corrected chi connectivity index (χ0v) is 20.5. The van der Waals surface area contributed by atoms with Crippen molar-refractivity contribution in [3.05, 3.63) is 0 Å². The molecule has 0 fully saturated rings. The van der Waals surface area contributed by atoms with E-state index >= 15 is 0 Å². The Kier molecular flexibility index (Phi) is 14.1. The number of carbonyl (C=O) groups excluding carboxylic acids is 2. The second kappa shape index (κ2) is 14.7. The fourth-order valence-electron chi connectivity index (χ4n) is 2.35. The van der Waals surface area contributed by atoms with Gasteiger partial charge in [-0.2, -0.15) is 11.8 Å². The third-order valence-electron chi connectivity index (χ3n) is 4.18. The van der Waals surface area contributed by atoms with Crippen molar-refractivity contribution in [2.24, 2.45) is 16.7 Å². The van der Waals surface area contributed by atoms with Crippen molar-refractivity contribution < 1.29 is 24.2 Å². The number of hydrogen-bond donors (Lipinski definition) is 3. The average Bonchev–Trinajstić information content (AvgIpc) is 2.60. The van der Waals surface area contributed by atoms with Crippen LogP contribution in [0.1, 0.15) is 67.2 Å². The fraction of sp³-hybridized carbons (Fsp3) is 0.864. The number of hydrogen-bond acceptors (Lipinski definition) is 5. The quantitative estimate of drug-likeness (QED) is 0.333. The highest BCUT2D eigenvalue weighted by Crippen LogP contribution is 2.22. The van der Waals surface area contributed by atoms with Crippen molar-refractivity contribution in [3.63, 3.8) is 0 Å². The van der Waals surface area contributed by atoms with E-state index in [-0.39, 0.29) is 42.2 Å². The normalized spacial score (nSPS) is 13.0. The van der Waals surface area contributed by atoms with E-state index in [2.05, 4.69) is 52.2 Å². The zero-order valence-electron chi connectivity index (χ0n) is 19.6. The summed E-state index contributed by atoms with van der Waals surface area (Å²) >= 11 is 1.74. The van der Waals surface area contributed by atoms with E-state index in [1.807, 2.05) is 0 Å². The van der Waals surface area contributed by atoms with E-state index in [0.717, 1.165) is 17.9 Å². The molecule has 8 heteroatoms. The standard InChI is InChI=1S/C22H42N2O5S/c1-21(2,3)10-7-18(25)23-11-13-29-12-8-19(26)24-15-17(20(27)28)9-14-30-16-22(4,5)6/h17H,7-16H2,1-6H3,(H,23,25)(H,24,26)(H,27,28). The molecule has 0 heterocycles. The molecule has 30 heavy (non-hydrogen) atoms. The van der Waals surface area contributed by atoms with E-state index in [1.165, 1.54) is 0 Å². The van der Waals surface area contributed by atoms with E-state index in [0.29, 0.717) is 26.0 Å². The second-order valence-corrected chi connectivity index (χ2v) is 11.1. The molecule has 1 atom stereocenters. The molecule has 0 aliphatic rings. The first kappa shape index (κ1) is 28.7. The van der Waals surface area contributed by atoms with Crippen LogP contribution in [0.4, 0.5) is 0 Å². The van der Waals surface area contributed by atoms with E-state index in [1.54, 1.807) is 11.8 Å². The maximum Gasteiger partial charge on any atom is 0.308 e. The summed E-state index contributed by atoms with van der Waals surface area (Å²) in [5.41, 5.74) is 0.346. The summed E-state index contributed by atoms with van der Waals surface area (Å²) in [4.78, 5) is 35.0. The van der Waals surface area contributed by atoms with Crippen LogP contribution in [0.2, 0.25) is 0 Å². The third-order valence-corrected chi connectivity index (χ3v) is 5.78. The van der Waals surface area contributed by atoms with Crippen molar-refractivity contribution in [1.82, 2.24) is 10.6 Å². The highest BCUT2D eigenvalue weighted by atomic mass is 32.2. The molecule has 0 rings (SSSR count). The summed E-state index contributed by atoms with van der Waals surface area (Å²) in [5.74, 6) is 0.0506. The first-order valence-electron chi connectivity index (χ1n) is 10.7. The van der Waals surface area contributed by atoms with Crippen molar-refractivity contribution in [2.45, 2.75) is 67.2 Å². The van der Waals surface area contributed by atoms with Crippen LogP contribution in [0.15, 0.2) is 0 Å². The molecule has 0 aromatic heterocycles. The summed E-state index contributed by atoms with van der Waals surface area (Å²) in [6.45, 7) is 13.9. The van der Waals surface area contributed by atoms with Crippen LogP contribution in [-0.2, 0) is 19.1 Å². The molecule has 0 aliphatic carbocycles. The fourth-order valence-corrected chi connectivity index (χ4v) is 3.56. The van der Waals surface area contributed by atoms with Crippen molar-refractivity contribution in [3.8, 4) is 0 Å². The van der Waals surface area contributed by atoms with Gasteiger partial charge in [0.15, 0.2) is 0 Å². The highest BCUT2D eigenvalue weighted by molar-refractivity contribution is 7.99. The number of nitrogens with one attached hydrogen (secondary N) is 2. The maximum absolute atomic E-state index is 11.9. The van der Waals surface area contributed by atoms with Gasteiger partial charge in [-0.15, -0.1) is 0 Å². The number of carboxylic acid groups (broad SMARTS) is 1. The maximum atomic E-state index is 11.9. The van der Waals surface area contributed by atoms with Gasteiger partial charge in [0.1, 0.15) is 0 Å². The van der Waals surface area contributed by atoms with E-state index < -0.39 is 11.9 Å². The first-order chi connectivity index (χ1) is 13.8. The second-order valence-electron chi connectivity index (χ2n) is 10.0. The number of rotatable bonds is 15. The lowest BCUT2D eigenvalue weighted by atomic mass is 9.90. The molecule has 1 unspecified atom stereocenters. The molecule has 2 amide bonds. The Morgan fingerprint density at radius 3 is 2.13 bits per heavy atom. The van der Waals surface area contributed by atoms with Crippen molar-refractivity contribution >= 4 is 29.5 Å². The lowest BCUT2D eigenvalue weighted by Gasteiger charge is -2.18. The molecule has 176 valence electrons. The number of carbonyl (C=O) groups is 3. The van der Waals surface area contributed by atoms with Crippen LogP contribution >= 0.6 is 11.8 Å². The van der Waals surface area contributed by atoms with Crippen LogP contribution in [0.25, 0.3) is 0 Å². The van der Waals surface area contributed by atoms with Gasteiger partial charge in [-0.1, -0.05) is 41.5 Å². The SMILES string of the molecule is CC(C)(C)CCC(=O)NCCOCCC(=O)NCC(CCSCC(C)(C)C)C(=O)O. The van der Waals surface area contributed by atoms with Crippen LogP contribution in [0.5, 0.6) is 0 Å². The van der Waals surface area contributed by atoms with Gasteiger partial charge in [0.2, 0.25) is 11.8 Å². The molecular weight excluding hydrogens is 404 g/mol. The van der Waals surface area contributed by atoms with Gasteiger partial charge in [-0.05, 0) is 35.2 Å². The Labute approximate surface area is 186 Å². The Morgan fingerprint density at radius 2 is 1.57 bits per heavy atom. The largest absolute Gasteiger partial charge is 0.481 e. The smallest absolute Gasteiger partial charge is 0.308 e. The molecule has 0 saturated heterocycles. The number of carboxylic acids is 1. The average molecular weight is 447 g/mol. The Balaban J connectivity index is 3.83. The highest BCUT2D eigenvalue weighted by Gasteiger charge is 2.19. The number of aliphatic carboxylic acids is 1. The zero-order chi connectivity index (χ0) is 23.2. The predicted octanol–water partition coefficient (Wildman–Crippen LogP) is 3.32. The molecule has 0 bridgehead atoms. The van der Waals surface area contributed by atoms with Gasteiger partial charge in [-0.3, -0.25) is 14.4 Å². The molecule has 0 aromatic rings. The van der Waals surface area contributed by atoms with E-state index in [9.17, 15) is 19.5 Å². The van der Waals surface area contributed by atoms with Gasteiger partial charge >= 0.3 is 5.97 Å². The minimum Gasteiger partial charge on any atom is -0.481 e. The lowest BCUT2D eigenvalue weighted by Crippen LogP contribution is -2.34. The molecule has 0 aliphatic heterocycles. The summed E-state index contributed by atoms with van der Waals surface area (Å²) < 4.78 is 5.37. The topological polar surface area (TPSA) is 105 Å². The lowest BCUT2D eigenvalue weighted by molar-refractivity contribution is -0.141. The van der Waals surface area contributed by atoms with Crippen LogP contribution in [0.3, 0.4) is 0 Å². The summed E-state index contributed by atoms with van der Waals surface area (Å²) in [6, 6.07) is 0. The summed E-state index contributed by atoms with van der Waals surface area (Å²) in [7, 11) is 0. The van der Waals surface area contributed by atoms with Gasteiger partial charge in [0.25, 0.3) is 0 Å². The summed E-state index contributed by atoms with van der Waals surface area (Å²) in [6.07, 6.45) is 2.02. The van der Waals surface area contributed by atoms with E-state index in [4.69, 9.17) is 4.74 Å². The van der Waals surface area contributed by atoms with Gasteiger partial charge in [0.05, 0.1) is 19.1 Å². The predicted molar refractivity (Wildman–Crippen MR) is 123 cm³/mol. The molecule has 3 N–H and O–H groups in total. The van der Waals surface area contributed by atoms with Crippen LogP contribution in [0, 0.1) is 16.7 Å². The Hall–Kier alpha value is -1.28. The number of amides is 2. The minimum atomic E-state index is -0.884. The van der Waals surface area contributed by atoms with Crippen molar-refractivity contribution in [1.29, 1.82) is 0 Å². The number of ether oxygens (including phenoxy) is 1. The van der Waals surface area contributed by atoms with Gasteiger partial charge in [-0.25, -0.2) is 0 Å². The molecule has 0 radical (unpaired) electrons. The molecule has 0 saturated carbocycles. The van der Waals surface area contributed by atoms with Gasteiger partial charge < -0.3 is 20.5 Å². The first-order valence-corrected chi connectivity index (χ1v) is 11.9.